The molecule has 9 nitrogen and oxygen atoms in total. The van der Waals surface area contributed by atoms with Gasteiger partial charge in [0.05, 0.1) is 11.4 Å². The predicted octanol–water partition coefficient (Wildman–Crippen LogP) is 4.71. The van der Waals surface area contributed by atoms with Gasteiger partial charge in [-0.25, -0.2) is 14.5 Å². The molecule has 1 N–H and O–H groups in total. The Labute approximate surface area is 237 Å². The molecule has 1 saturated heterocycles. The number of carboxylic acid groups (broad SMARTS) is 1. The lowest BCUT2D eigenvalue weighted by Crippen LogP contribution is -2.27. The predicted molar refractivity (Wildman–Crippen MR) is 150 cm³/mol. The lowest BCUT2D eigenvalue weighted by molar-refractivity contribution is 0.0690. The maximum Gasteiger partial charge on any atom is 0.355 e. The molecule has 0 bridgehead atoms. The Morgan fingerprint density at radius 1 is 1.10 bits per heavy atom. The molecule has 0 radical (unpaired) electrons. The molecule has 2 aromatic heterocycles. The molecular weight excluding hydrogens is 548 g/mol. The van der Waals surface area contributed by atoms with E-state index in [0.717, 1.165) is 67.6 Å². The minimum absolute atomic E-state index is 0.00534. The molecule has 1 saturated carbocycles. The highest BCUT2D eigenvalue weighted by atomic mass is 32.2. The lowest BCUT2D eigenvalue weighted by Gasteiger charge is -2.15. The van der Waals surface area contributed by atoms with E-state index in [9.17, 15) is 23.5 Å². The maximum atomic E-state index is 13.2. The van der Waals surface area contributed by atoms with Crippen molar-refractivity contribution < 1.29 is 23.5 Å². The Balaban J connectivity index is 1.47. The fourth-order valence-corrected chi connectivity index (χ4v) is 6.28. The van der Waals surface area contributed by atoms with Gasteiger partial charge in [-0.2, -0.15) is 5.10 Å². The van der Waals surface area contributed by atoms with E-state index in [4.69, 9.17) is 5.10 Å². The number of likely N-dealkylation sites (tertiary alicyclic amines) is 1. The van der Waals surface area contributed by atoms with Crippen LogP contribution in [0, 0.1) is 5.92 Å². The smallest absolute Gasteiger partial charge is 0.355 e. The van der Waals surface area contributed by atoms with Crippen LogP contribution in [0.25, 0.3) is 16.4 Å². The summed E-state index contributed by atoms with van der Waals surface area (Å²) in [5, 5.41) is 16.4. The van der Waals surface area contributed by atoms with Gasteiger partial charge in [-0.3, -0.25) is 9.00 Å². The molecule has 2 fully saturated rings. The summed E-state index contributed by atoms with van der Waals surface area (Å²) in [5.74, 6) is -0.581. The maximum absolute atomic E-state index is 13.2. The van der Waals surface area contributed by atoms with Crippen molar-refractivity contribution in [3.8, 4) is 16.4 Å². The van der Waals surface area contributed by atoms with Crippen molar-refractivity contribution in [2.24, 2.45) is 5.92 Å². The first kappa shape index (κ1) is 26.5. The van der Waals surface area contributed by atoms with Crippen LogP contribution >= 0.6 is 11.3 Å². The van der Waals surface area contributed by atoms with Crippen LogP contribution in [-0.2, 0) is 23.9 Å². The Hall–Kier alpha value is -3.67. The second kappa shape index (κ2) is 11.1. The van der Waals surface area contributed by atoms with Crippen LogP contribution in [0.4, 0.5) is 0 Å². The van der Waals surface area contributed by atoms with Crippen LogP contribution in [0.2, 0.25) is 0 Å². The molecule has 2 aliphatic rings. The topological polar surface area (TPSA) is 128 Å². The second-order valence-electron chi connectivity index (χ2n) is 10.3. The average molecular weight is 576 g/mol. The first-order chi connectivity index (χ1) is 19.4. The number of rotatable bonds is 9. The summed E-state index contributed by atoms with van der Waals surface area (Å²) < 4.78 is 24.5. The molecule has 3 heterocycles. The third kappa shape index (κ3) is 5.49. The molecule has 1 aliphatic heterocycles. The Bertz CT molecular complexity index is 1600. The average Bonchev–Trinajstić information content (AvgIpc) is 3.33. The number of carboxylic acids is 1. The summed E-state index contributed by atoms with van der Waals surface area (Å²) in [6.07, 6.45) is 5.50. The number of carbonyl (C=O) groups excluding carboxylic acids is 1. The molecule has 40 heavy (non-hydrogen) atoms. The van der Waals surface area contributed by atoms with Gasteiger partial charge in [-0.05, 0) is 78.9 Å². The van der Waals surface area contributed by atoms with Crippen LogP contribution in [0.3, 0.4) is 0 Å². The van der Waals surface area contributed by atoms with Crippen molar-refractivity contribution >= 4 is 34.3 Å². The van der Waals surface area contributed by atoms with Crippen LogP contribution in [-0.4, -0.2) is 58.5 Å². The van der Waals surface area contributed by atoms with Crippen molar-refractivity contribution in [1.29, 1.82) is 0 Å². The minimum Gasteiger partial charge on any atom is -0.768 e. The highest BCUT2D eigenvalue weighted by Gasteiger charge is 2.30. The number of benzene rings is 2. The fraction of sp³-hybridized carbons (Fsp3) is 0.310. The van der Waals surface area contributed by atoms with Gasteiger partial charge in [0.1, 0.15) is 0 Å². The Morgan fingerprint density at radius 2 is 1.85 bits per heavy atom. The standard InChI is InChI=1S/C29H28N4O5S2/c34-27(32-12-1-2-13-32)21-5-3-4-20(16-21)26-23(14-18-8-10-22(11-9-18)40(37)38)25(15-19-6-7-19)33(31-26)29-30-24(17-39-29)28(35)36/h3-5,8-11,16-17,19H,1-2,6-7,12-15H2,(H,35,36)(H,37,38)/p-1. The summed E-state index contributed by atoms with van der Waals surface area (Å²) in [6.45, 7) is 1.52. The van der Waals surface area contributed by atoms with Crippen molar-refractivity contribution in [2.45, 2.75) is 43.4 Å². The SMILES string of the molecule is O=C(O)c1csc(-n2nc(-c3cccc(C(=O)N4CCCC4)c3)c(Cc3ccc(S(=O)[O-])cc3)c2CC2CC2)n1. The van der Waals surface area contributed by atoms with Crippen molar-refractivity contribution in [2.75, 3.05) is 13.1 Å². The zero-order valence-corrected chi connectivity index (χ0v) is 23.2. The zero-order valence-electron chi connectivity index (χ0n) is 21.6. The number of aromatic carboxylic acids is 1. The Morgan fingerprint density at radius 3 is 2.50 bits per heavy atom. The third-order valence-corrected chi connectivity index (χ3v) is 8.91. The number of carbonyl (C=O) groups is 2. The van der Waals surface area contributed by atoms with Crippen molar-refractivity contribution in [1.82, 2.24) is 19.7 Å². The molecule has 1 amide bonds. The van der Waals surface area contributed by atoms with Crippen LogP contribution in [0.1, 0.15) is 63.4 Å². The van der Waals surface area contributed by atoms with Gasteiger partial charge in [0.15, 0.2) is 5.69 Å². The van der Waals surface area contributed by atoms with Crippen LogP contribution in [0.5, 0.6) is 0 Å². The van der Waals surface area contributed by atoms with Crippen molar-refractivity contribution in [3.63, 3.8) is 0 Å². The van der Waals surface area contributed by atoms with Gasteiger partial charge in [-0.1, -0.05) is 24.3 Å². The number of aromatic nitrogens is 3. The highest BCUT2D eigenvalue weighted by molar-refractivity contribution is 7.79. The number of nitrogens with zero attached hydrogens (tertiary/aromatic N) is 4. The molecule has 1 atom stereocenters. The van der Waals surface area contributed by atoms with E-state index < -0.39 is 17.0 Å². The number of hydrogen-bond donors (Lipinski definition) is 1. The summed E-state index contributed by atoms with van der Waals surface area (Å²) in [5.41, 5.74) is 4.90. The number of thiazole rings is 1. The lowest BCUT2D eigenvalue weighted by atomic mass is 9.96. The third-order valence-electron chi connectivity index (χ3n) is 7.43. The van der Waals surface area contributed by atoms with E-state index in [1.165, 1.54) is 16.7 Å². The molecule has 1 aliphatic carbocycles. The van der Waals surface area contributed by atoms with E-state index in [-0.39, 0.29) is 16.5 Å². The number of amides is 1. The summed E-state index contributed by atoms with van der Waals surface area (Å²) in [6, 6.07) is 14.3. The molecule has 11 heteroatoms. The summed E-state index contributed by atoms with van der Waals surface area (Å²) >= 11 is -1.08. The first-order valence-corrected chi connectivity index (χ1v) is 15.2. The summed E-state index contributed by atoms with van der Waals surface area (Å²) in [4.78, 5) is 31.2. The fourth-order valence-electron chi connectivity index (χ4n) is 5.15. The molecule has 4 aromatic rings. The summed E-state index contributed by atoms with van der Waals surface area (Å²) in [7, 11) is 0. The quantitative estimate of drug-likeness (QED) is 0.286. The van der Waals surface area contributed by atoms with Gasteiger partial charge < -0.3 is 14.6 Å². The largest absolute Gasteiger partial charge is 0.768 e. The van der Waals surface area contributed by atoms with Crippen LogP contribution in [0.15, 0.2) is 58.8 Å². The van der Waals surface area contributed by atoms with Gasteiger partial charge >= 0.3 is 5.97 Å². The molecule has 6 rings (SSSR count). The molecule has 206 valence electrons. The first-order valence-electron chi connectivity index (χ1n) is 13.3. The zero-order chi connectivity index (χ0) is 27.8. The molecular formula is C29H27N4O5S2-. The van der Waals surface area contributed by atoms with E-state index in [2.05, 4.69) is 4.98 Å². The molecule has 2 aromatic carbocycles. The van der Waals surface area contributed by atoms with E-state index in [1.807, 2.05) is 29.2 Å². The monoisotopic (exact) mass is 575 g/mol. The second-order valence-corrected chi connectivity index (χ2v) is 12.1. The number of hydrogen-bond acceptors (Lipinski definition) is 7. The molecule has 1 unspecified atom stereocenters. The van der Waals surface area contributed by atoms with E-state index in [0.29, 0.717) is 28.7 Å². The van der Waals surface area contributed by atoms with E-state index in [1.54, 1.807) is 28.9 Å². The molecule has 0 spiro atoms. The van der Waals surface area contributed by atoms with Gasteiger partial charge in [0.25, 0.3) is 5.91 Å². The van der Waals surface area contributed by atoms with Crippen LogP contribution < -0.4 is 0 Å². The van der Waals surface area contributed by atoms with Crippen molar-refractivity contribution in [3.05, 3.63) is 82.0 Å². The van der Waals surface area contributed by atoms with Gasteiger partial charge in [-0.15, -0.1) is 11.3 Å². The van der Waals surface area contributed by atoms with Gasteiger partial charge in [0, 0.05) is 46.5 Å². The normalized spacial score (nSPS) is 15.9. The van der Waals surface area contributed by atoms with Gasteiger partial charge in [0.2, 0.25) is 5.13 Å². The Kier molecular flexibility index (Phi) is 7.35. The minimum atomic E-state index is -2.31. The highest BCUT2D eigenvalue weighted by Crippen LogP contribution is 2.38. The van der Waals surface area contributed by atoms with E-state index >= 15 is 0 Å².